The fourth-order valence-corrected chi connectivity index (χ4v) is 2.16. The molecule has 3 heterocycles. The molecule has 7 nitrogen and oxygen atoms in total. The van der Waals surface area contributed by atoms with Gasteiger partial charge in [0.2, 0.25) is 5.82 Å². The van der Waals surface area contributed by atoms with Crippen molar-refractivity contribution < 1.29 is 9.26 Å². The Bertz CT molecular complexity index is 587. The molecule has 1 aliphatic heterocycles. The standard InChI is InChI=1S/C12H14N4O3/c17-12-16(8-9-4-1-2-7-18-9)11(15-19-12)10-13-5-3-6-14-10/h3,5-6,9H,1-2,4,7-8H2/t9-/m0/s1. The van der Waals surface area contributed by atoms with E-state index in [9.17, 15) is 4.79 Å². The molecule has 1 aliphatic rings. The lowest BCUT2D eigenvalue weighted by atomic mass is 10.1. The lowest BCUT2D eigenvalue weighted by molar-refractivity contribution is 0.00519. The summed E-state index contributed by atoms with van der Waals surface area (Å²) in [5.74, 6) is 0.223. The molecule has 0 bridgehead atoms. The summed E-state index contributed by atoms with van der Waals surface area (Å²) >= 11 is 0. The van der Waals surface area contributed by atoms with Crippen LogP contribution in [0, 0.1) is 0 Å². The van der Waals surface area contributed by atoms with Crippen LogP contribution in [-0.2, 0) is 11.3 Å². The average molecular weight is 262 g/mol. The highest BCUT2D eigenvalue weighted by Crippen LogP contribution is 2.16. The van der Waals surface area contributed by atoms with Crippen LogP contribution < -0.4 is 5.76 Å². The Kier molecular flexibility index (Phi) is 3.37. The van der Waals surface area contributed by atoms with Gasteiger partial charge in [-0.3, -0.25) is 9.09 Å². The molecule has 0 amide bonds. The Morgan fingerprint density at radius 1 is 1.32 bits per heavy atom. The molecule has 1 atom stereocenters. The highest BCUT2D eigenvalue weighted by Gasteiger charge is 2.21. The van der Waals surface area contributed by atoms with Crippen LogP contribution in [0.1, 0.15) is 19.3 Å². The van der Waals surface area contributed by atoms with Crippen LogP contribution in [0.25, 0.3) is 11.6 Å². The van der Waals surface area contributed by atoms with Crippen molar-refractivity contribution in [1.82, 2.24) is 19.7 Å². The second-order valence-electron chi connectivity index (χ2n) is 4.44. The molecule has 0 saturated carbocycles. The Morgan fingerprint density at radius 2 is 2.16 bits per heavy atom. The van der Waals surface area contributed by atoms with Gasteiger partial charge in [0.05, 0.1) is 12.6 Å². The van der Waals surface area contributed by atoms with Gasteiger partial charge in [0.15, 0.2) is 5.82 Å². The van der Waals surface area contributed by atoms with E-state index in [1.807, 2.05) is 0 Å². The first-order chi connectivity index (χ1) is 9.34. The van der Waals surface area contributed by atoms with E-state index >= 15 is 0 Å². The van der Waals surface area contributed by atoms with E-state index in [1.165, 1.54) is 4.57 Å². The summed E-state index contributed by atoms with van der Waals surface area (Å²) in [6.07, 6.45) is 6.35. The topological polar surface area (TPSA) is 83.0 Å². The van der Waals surface area contributed by atoms with Crippen molar-refractivity contribution in [1.29, 1.82) is 0 Å². The molecule has 0 spiro atoms. The fourth-order valence-electron chi connectivity index (χ4n) is 2.16. The van der Waals surface area contributed by atoms with Gasteiger partial charge in [-0.05, 0) is 25.3 Å². The highest BCUT2D eigenvalue weighted by molar-refractivity contribution is 5.41. The molecule has 1 fully saturated rings. The summed E-state index contributed by atoms with van der Waals surface area (Å²) in [7, 11) is 0. The van der Waals surface area contributed by atoms with E-state index in [-0.39, 0.29) is 6.10 Å². The van der Waals surface area contributed by atoms with Gasteiger partial charge in [0.25, 0.3) is 0 Å². The van der Waals surface area contributed by atoms with Gasteiger partial charge in [-0.1, -0.05) is 5.16 Å². The van der Waals surface area contributed by atoms with Crippen molar-refractivity contribution in [2.45, 2.75) is 31.9 Å². The van der Waals surface area contributed by atoms with Crippen molar-refractivity contribution in [3.05, 3.63) is 29.0 Å². The van der Waals surface area contributed by atoms with E-state index in [4.69, 9.17) is 9.26 Å². The lowest BCUT2D eigenvalue weighted by Crippen LogP contribution is -2.29. The largest absolute Gasteiger partial charge is 0.442 e. The fraction of sp³-hybridized carbons (Fsp3) is 0.500. The molecule has 0 aromatic carbocycles. The molecule has 1 saturated heterocycles. The van der Waals surface area contributed by atoms with Gasteiger partial charge in [-0.25, -0.2) is 14.8 Å². The summed E-state index contributed by atoms with van der Waals surface area (Å²) in [5.41, 5.74) is 0. The predicted molar refractivity (Wildman–Crippen MR) is 65.4 cm³/mol. The number of rotatable bonds is 3. The van der Waals surface area contributed by atoms with Crippen molar-refractivity contribution in [2.75, 3.05) is 6.61 Å². The van der Waals surface area contributed by atoms with E-state index in [1.54, 1.807) is 18.5 Å². The van der Waals surface area contributed by atoms with Gasteiger partial charge in [0.1, 0.15) is 0 Å². The SMILES string of the molecule is O=c1onc(-c2ncccn2)n1C[C@@H]1CCCCO1. The van der Waals surface area contributed by atoms with Crippen LogP contribution in [0.2, 0.25) is 0 Å². The van der Waals surface area contributed by atoms with Crippen molar-refractivity contribution in [2.24, 2.45) is 0 Å². The zero-order valence-corrected chi connectivity index (χ0v) is 10.4. The Morgan fingerprint density at radius 3 is 2.89 bits per heavy atom. The average Bonchev–Trinajstić information content (AvgIpc) is 2.82. The number of hydrogen-bond acceptors (Lipinski definition) is 6. The maximum Gasteiger partial charge on any atom is 0.442 e. The van der Waals surface area contributed by atoms with E-state index < -0.39 is 5.76 Å². The van der Waals surface area contributed by atoms with Gasteiger partial charge >= 0.3 is 5.76 Å². The van der Waals surface area contributed by atoms with Crippen LogP contribution in [0.4, 0.5) is 0 Å². The zero-order valence-electron chi connectivity index (χ0n) is 10.4. The van der Waals surface area contributed by atoms with E-state index in [2.05, 4.69) is 15.1 Å². The van der Waals surface area contributed by atoms with E-state index in [0.717, 1.165) is 25.9 Å². The Balaban J connectivity index is 1.88. The second-order valence-corrected chi connectivity index (χ2v) is 4.44. The van der Waals surface area contributed by atoms with E-state index in [0.29, 0.717) is 18.2 Å². The molecular formula is C12H14N4O3. The van der Waals surface area contributed by atoms with Crippen molar-refractivity contribution in [3.8, 4) is 11.6 Å². The lowest BCUT2D eigenvalue weighted by Gasteiger charge is -2.22. The summed E-state index contributed by atoms with van der Waals surface area (Å²) < 4.78 is 11.8. The molecule has 100 valence electrons. The quantitative estimate of drug-likeness (QED) is 0.816. The Hall–Kier alpha value is -2.02. The molecule has 3 rings (SSSR count). The van der Waals surface area contributed by atoms with Crippen LogP contribution in [0.15, 0.2) is 27.8 Å². The normalized spacial score (nSPS) is 19.5. The van der Waals surface area contributed by atoms with Gasteiger partial charge in [-0.15, -0.1) is 0 Å². The van der Waals surface area contributed by atoms with Gasteiger partial charge in [0, 0.05) is 19.0 Å². The molecule has 0 radical (unpaired) electrons. The summed E-state index contributed by atoms with van der Waals surface area (Å²) in [5, 5.41) is 3.75. The van der Waals surface area contributed by atoms with Crippen LogP contribution >= 0.6 is 0 Å². The number of nitrogens with zero attached hydrogens (tertiary/aromatic N) is 4. The smallest absolute Gasteiger partial charge is 0.376 e. The third-order valence-corrected chi connectivity index (χ3v) is 3.11. The number of aromatic nitrogens is 4. The van der Waals surface area contributed by atoms with Gasteiger partial charge < -0.3 is 4.74 Å². The summed E-state index contributed by atoms with van der Waals surface area (Å²) in [6.45, 7) is 1.16. The molecule has 7 heteroatoms. The second kappa shape index (κ2) is 5.31. The minimum atomic E-state index is -0.503. The monoisotopic (exact) mass is 262 g/mol. The highest BCUT2D eigenvalue weighted by atomic mass is 16.5. The molecule has 19 heavy (non-hydrogen) atoms. The minimum absolute atomic E-state index is 0.0216. The summed E-state index contributed by atoms with van der Waals surface area (Å²) in [6, 6.07) is 1.70. The summed E-state index contributed by atoms with van der Waals surface area (Å²) in [4.78, 5) is 19.9. The van der Waals surface area contributed by atoms with Crippen LogP contribution in [0.3, 0.4) is 0 Å². The molecule has 2 aromatic rings. The first-order valence-corrected chi connectivity index (χ1v) is 6.30. The predicted octanol–water partition coefficient (Wildman–Crippen LogP) is 0.862. The van der Waals surface area contributed by atoms with Crippen molar-refractivity contribution >= 4 is 0 Å². The molecule has 2 aromatic heterocycles. The third kappa shape index (κ3) is 2.55. The number of ether oxygens (including phenoxy) is 1. The molecule has 0 unspecified atom stereocenters. The van der Waals surface area contributed by atoms with Crippen molar-refractivity contribution in [3.63, 3.8) is 0 Å². The first-order valence-electron chi connectivity index (χ1n) is 6.30. The maximum absolute atomic E-state index is 11.7. The van der Waals surface area contributed by atoms with Crippen LogP contribution in [-0.4, -0.2) is 32.4 Å². The number of hydrogen-bond donors (Lipinski definition) is 0. The Labute approximate surface area is 109 Å². The first kappa shape index (κ1) is 12.0. The maximum atomic E-state index is 11.7. The van der Waals surface area contributed by atoms with Gasteiger partial charge in [-0.2, -0.15) is 0 Å². The zero-order chi connectivity index (χ0) is 13.1. The molecular weight excluding hydrogens is 248 g/mol. The molecule has 0 N–H and O–H groups in total. The third-order valence-electron chi connectivity index (χ3n) is 3.11. The minimum Gasteiger partial charge on any atom is -0.376 e. The van der Waals surface area contributed by atoms with Crippen LogP contribution in [0.5, 0.6) is 0 Å². The molecule has 0 aliphatic carbocycles.